The Hall–Kier alpha value is -0.840. The third-order valence-electron chi connectivity index (χ3n) is 3.67. The largest absolute Gasteiger partial charge is 0.309 e. The lowest BCUT2D eigenvalue weighted by Crippen LogP contribution is -2.24. The van der Waals surface area contributed by atoms with Gasteiger partial charge in [-0.1, -0.05) is 25.4 Å². The Morgan fingerprint density at radius 3 is 2.67 bits per heavy atom. The van der Waals surface area contributed by atoms with E-state index in [2.05, 4.69) is 36.4 Å². The monoisotopic (exact) mass is 325 g/mol. The number of rotatable bonds is 7. The zero-order valence-corrected chi connectivity index (χ0v) is 14.8. The molecular formula is C16H24ClN3S. The zero-order chi connectivity index (χ0) is 15.4. The van der Waals surface area contributed by atoms with Gasteiger partial charge in [0.25, 0.3) is 0 Å². The summed E-state index contributed by atoms with van der Waals surface area (Å²) in [6.07, 6.45) is 3.09. The van der Waals surface area contributed by atoms with Gasteiger partial charge in [-0.15, -0.1) is 11.3 Å². The molecular weight excluding hydrogens is 302 g/mol. The molecule has 2 aromatic heterocycles. The average Bonchev–Trinajstić information content (AvgIpc) is 3.03. The molecule has 1 atom stereocenters. The van der Waals surface area contributed by atoms with Crippen LogP contribution in [-0.4, -0.2) is 16.3 Å². The fraction of sp³-hybridized carbons (Fsp3) is 0.562. The van der Waals surface area contributed by atoms with Gasteiger partial charge in [-0.05, 0) is 38.4 Å². The summed E-state index contributed by atoms with van der Waals surface area (Å²) < 4.78 is 1.91. The molecule has 0 bridgehead atoms. The molecule has 0 aliphatic carbocycles. The Bertz CT molecular complexity index is 588. The zero-order valence-electron chi connectivity index (χ0n) is 13.2. The molecule has 0 radical (unpaired) electrons. The van der Waals surface area contributed by atoms with E-state index in [4.69, 9.17) is 11.6 Å². The van der Waals surface area contributed by atoms with E-state index >= 15 is 0 Å². The minimum absolute atomic E-state index is 0.308. The smallest absolute Gasteiger partial charge is 0.0847 e. The lowest BCUT2D eigenvalue weighted by atomic mass is 10.1. The number of nitrogens with zero attached hydrogens (tertiary/aromatic N) is 2. The summed E-state index contributed by atoms with van der Waals surface area (Å²) in [6, 6.07) is 4.78. The SMILES string of the molecule is CCCNC(Cc1c(Cl)c(C)nn1C)c1ccc(CC)s1. The predicted molar refractivity (Wildman–Crippen MR) is 91.4 cm³/mol. The number of hydrogen-bond acceptors (Lipinski definition) is 3. The van der Waals surface area contributed by atoms with Gasteiger partial charge in [0.1, 0.15) is 0 Å². The first kappa shape index (κ1) is 16.5. The van der Waals surface area contributed by atoms with Crippen LogP contribution in [0.2, 0.25) is 5.02 Å². The first-order chi connectivity index (χ1) is 10.1. The second-order valence-electron chi connectivity index (χ2n) is 5.34. The summed E-state index contributed by atoms with van der Waals surface area (Å²) in [4.78, 5) is 2.82. The standard InChI is InChI=1S/C16H24ClN3S/c1-5-9-18-13(15-8-7-12(6-2)21-15)10-14-16(17)11(3)19-20(14)4/h7-8,13,18H,5-6,9-10H2,1-4H3. The Morgan fingerprint density at radius 1 is 1.38 bits per heavy atom. The van der Waals surface area contributed by atoms with Crippen LogP contribution in [0.3, 0.4) is 0 Å². The third kappa shape index (κ3) is 3.87. The first-order valence-electron chi connectivity index (χ1n) is 7.56. The van der Waals surface area contributed by atoms with E-state index in [9.17, 15) is 0 Å². The highest BCUT2D eigenvalue weighted by Crippen LogP contribution is 2.29. The Labute approximate surface area is 136 Å². The molecule has 0 fully saturated rings. The average molecular weight is 326 g/mol. The maximum Gasteiger partial charge on any atom is 0.0847 e. The molecule has 21 heavy (non-hydrogen) atoms. The van der Waals surface area contributed by atoms with Gasteiger partial charge in [0, 0.05) is 29.3 Å². The molecule has 0 aromatic carbocycles. The number of aromatic nitrogens is 2. The number of halogens is 1. The minimum atomic E-state index is 0.308. The summed E-state index contributed by atoms with van der Waals surface area (Å²) in [5.74, 6) is 0. The summed E-state index contributed by atoms with van der Waals surface area (Å²) in [5.41, 5.74) is 2.01. The topological polar surface area (TPSA) is 29.9 Å². The van der Waals surface area contributed by atoms with Crippen molar-refractivity contribution in [3.63, 3.8) is 0 Å². The van der Waals surface area contributed by atoms with E-state index in [1.807, 2.05) is 30.0 Å². The number of aryl methyl sites for hydroxylation is 3. The van der Waals surface area contributed by atoms with Gasteiger partial charge in [0.05, 0.1) is 16.4 Å². The predicted octanol–water partition coefficient (Wildman–Crippen LogP) is 4.29. The van der Waals surface area contributed by atoms with Crippen LogP contribution in [0.1, 0.15) is 47.5 Å². The van der Waals surface area contributed by atoms with Gasteiger partial charge in [-0.25, -0.2) is 0 Å². The molecule has 0 aliphatic rings. The molecule has 1 unspecified atom stereocenters. The van der Waals surface area contributed by atoms with E-state index in [1.165, 1.54) is 9.75 Å². The molecule has 0 amide bonds. The highest BCUT2D eigenvalue weighted by molar-refractivity contribution is 7.12. The van der Waals surface area contributed by atoms with Gasteiger partial charge in [0.15, 0.2) is 0 Å². The molecule has 0 saturated heterocycles. The normalized spacial score (nSPS) is 12.8. The maximum atomic E-state index is 6.40. The van der Waals surface area contributed by atoms with Crippen LogP contribution in [0.4, 0.5) is 0 Å². The van der Waals surface area contributed by atoms with Crippen LogP contribution in [0, 0.1) is 6.92 Å². The number of nitrogens with one attached hydrogen (secondary N) is 1. The van der Waals surface area contributed by atoms with Gasteiger partial charge in [-0.2, -0.15) is 5.10 Å². The van der Waals surface area contributed by atoms with Crippen molar-refractivity contribution in [1.82, 2.24) is 15.1 Å². The van der Waals surface area contributed by atoms with Crippen LogP contribution in [0.15, 0.2) is 12.1 Å². The van der Waals surface area contributed by atoms with E-state index in [0.717, 1.165) is 42.2 Å². The van der Waals surface area contributed by atoms with Crippen LogP contribution in [-0.2, 0) is 19.9 Å². The van der Waals surface area contributed by atoms with Crippen molar-refractivity contribution in [1.29, 1.82) is 0 Å². The van der Waals surface area contributed by atoms with E-state index < -0.39 is 0 Å². The maximum absolute atomic E-state index is 6.40. The summed E-state index contributed by atoms with van der Waals surface area (Å²) in [6.45, 7) is 7.36. The molecule has 116 valence electrons. The fourth-order valence-corrected chi connectivity index (χ4v) is 3.72. The second-order valence-corrected chi connectivity index (χ2v) is 6.92. The van der Waals surface area contributed by atoms with Crippen molar-refractivity contribution in [2.24, 2.45) is 7.05 Å². The van der Waals surface area contributed by atoms with Gasteiger partial charge >= 0.3 is 0 Å². The molecule has 0 saturated carbocycles. The molecule has 0 aliphatic heterocycles. The molecule has 2 aromatic rings. The summed E-state index contributed by atoms with van der Waals surface area (Å²) >= 11 is 8.30. The Kier molecular flexibility index (Phi) is 5.85. The second kappa shape index (κ2) is 7.43. The molecule has 1 N–H and O–H groups in total. The molecule has 0 spiro atoms. The van der Waals surface area contributed by atoms with Crippen molar-refractivity contribution in [3.05, 3.63) is 38.3 Å². The van der Waals surface area contributed by atoms with Crippen molar-refractivity contribution < 1.29 is 0 Å². The van der Waals surface area contributed by atoms with Crippen LogP contribution < -0.4 is 5.32 Å². The fourth-order valence-electron chi connectivity index (χ4n) is 2.46. The molecule has 2 rings (SSSR count). The van der Waals surface area contributed by atoms with Crippen LogP contribution >= 0.6 is 22.9 Å². The summed E-state index contributed by atoms with van der Waals surface area (Å²) in [7, 11) is 1.97. The number of hydrogen-bond donors (Lipinski definition) is 1. The highest BCUT2D eigenvalue weighted by atomic mass is 35.5. The lowest BCUT2D eigenvalue weighted by molar-refractivity contribution is 0.519. The quantitative estimate of drug-likeness (QED) is 0.823. The minimum Gasteiger partial charge on any atom is -0.309 e. The Balaban J connectivity index is 2.23. The van der Waals surface area contributed by atoms with Crippen molar-refractivity contribution in [2.75, 3.05) is 6.54 Å². The summed E-state index contributed by atoms with van der Waals surface area (Å²) in [5, 5.41) is 8.86. The lowest BCUT2D eigenvalue weighted by Gasteiger charge is -2.17. The number of thiophene rings is 1. The van der Waals surface area contributed by atoms with E-state index in [0.29, 0.717) is 6.04 Å². The van der Waals surface area contributed by atoms with Crippen LogP contribution in [0.5, 0.6) is 0 Å². The first-order valence-corrected chi connectivity index (χ1v) is 8.76. The third-order valence-corrected chi connectivity index (χ3v) is 5.51. The van der Waals surface area contributed by atoms with Gasteiger partial charge in [0.2, 0.25) is 0 Å². The van der Waals surface area contributed by atoms with Gasteiger partial charge < -0.3 is 5.32 Å². The molecule has 5 heteroatoms. The molecule has 2 heterocycles. The van der Waals surface area contributed by atoms with Crippen LogP contribution in [0.25, 0.3) is 0 Å². The molecule has 3 nitrogen and oxygen atoms in total. The Morgan fingerprint density at radius 2 is 2.14 bits per heavy atom. The van der Waals surface area contributed by atoms with Crippen molar-refractivity contribution in [3.8, 4) is 0 Å². The van der Waals surface area contributed by atoms with Gasteiger partial charge in [-0.3, -0.25) is 4.68 Å². The van der Waals surface area contributed by atoms with Crippen molar-refractivity contribution in [2.45, 2.75) is 46.1 Å². The van der Waals surface area contributed by atoms with E-state index in [1.54, 1.807) is 0 Å². The van der Waals surface area contributed by atoms with Crippen molar-refractivity contribution >= 4 is 22.9 Å². The van der Waals surface area contributed by atoms with E-state index in [-0.39, 0.29) is 0 Å². The highest BCUT2D eigenvalue weighted by Gasteiger charge is 2.19.